The van der Waals surface area contributed by atoms with E-state index in [0.717, 1.165) is 38.6 Å². The molecule has 6 nitrogen and oxygen atoms in total. The molecule has 2 amide bonds. The van der Waals surface area contributed by atoms with Crippen LogP contribution < -0.4 is 11.1 Å². The van der Waals surface area contributed by atoms with E-state index in [-0.39, 0.29) is 23.9 Å². The summed E-state index contributed by atoms with van der Waals surface area (Å²) in [5.41, 5.74) is 5.84. The Morgan fingerprint density at radius 1 is 1.26 bits per heavy atom. The van der Waals surface area contributed by atoms with E-state index in [9.17, 15) is 9.59 Å². The zero-order valence-electron chi connectivity index (χ0n) is 11.2. The van der Waals surface area contributed by atoms with Crippen molar-refractivity contribution in [1.29, 1.82) is 0 Å². The van der Waals surface area contributed by atoms with Crippen molar-refractivity contribution in [2.75, 3.05) is 19.6 Å². The SMILES string of the molecule is NC1CCCN(C(=O)NCC2CCCC2C(=O)O)C1. The summed E-state index contributed by atoms with van der Waals surface area (Å²) in [6, 6.07) is -0.0380. The van der Waals surface area contributed by atoms with Crippen LogP contribution in [0.2, 0.25) is 0 Å². The number of amides is 2. The topological polar surface area (TPSA) is 95.7 Å². The van der Waals surface area contributed by atoms with Gasteiger partial charge in [0.05, 0.1) is 5.92 Å². The van der Waals surface area contributed by atoms with Crippen LogP contribution in [-0.4, -0.2) is 47.7 Å². The molecule has 3 unspecified atom stereocenters. The maximum Gasteiger partial charge on any atom is 0.317 e. The smallest absolute Gasteiger partial charge is 0.317 e. The number of carboxylic acid groups (broad SMARTS) is 1. The number of likely N-dealkylation sites (tertiary alicyclic amines) is 1. The van der Waals surface area contributed by atoms with E-state index < -0.39 is 5.97 Å². The molecule has 19 heavy (non-hydrogen) atoms. The molecule has 2 aliphatic rings. The molecule has 1 saturated carbocycles. The van der Waals surface area contributed by atoms with Gasteiger partial charge in [-0.3, -0.25) is 4.79 Å². The average Bonchev–Trinajstić information content (AvgIpc) is 2.84. The third-order valence-corrected chi connectivity index (χ3v) is 4.24. The van der Waals surface area contributed by atoms with Crippen molar-refractivity contribution in [2.45, 2.75) is 38.1 Å². The fourth-order valence-electron chi connectivity index (χ4n) is 3.13. The van der Waals surface area contributed by atoms with Gasteiger partial charge in [0.1, 0.15) is 0 Å². The molecule has 1 aliphatic carbocycles. The fraction of sp³-hybridized carbons (Fsp3) is 0.846. The van der Waals surface area contributed by atoms with Gasteiger partial charge in [0, 0.05) is 25.7 Å². The van der Waals surface area contributed by atoms with Crippen LogP contribution in [0.5, 0.6) is 0 Å². The largest absolute Gasteiger partial charge is 0.481 e. The van der Waals surface area contributed by atoms with Gasteiger partial charge in [0.2, 0.25) is 0 Å². The zero-order valence-corrected chi connectivity index (χ0v) is 11.2. The van der Waals surface area contributed by atoms with Crippen LogP contribution in [0.1, 0.15) is 32.1 Å². The Morgan fingerprint density at radius 2 is 2.05 bits per heavy atom. The van der Waals surface area contributed by atoms with Crippen molar-refractivity contribution < 1.29 is 14.7 Å². The average molecular weight is 269 g/mol. The summed E-state index contributed by atoms with van der Waals surface area (Å²) in [6.07, 6.45) is 4.45. The van der Waals surface area contributed by atoms with E-state index >= 15 is 0 Å². The number of rotatable bonds is 3. The van der Waals surface area contributed by atoms with Crippen molar-refractivity contribution in [3.8, 4) is 0 Å². The summed E-state index contributed by atoms with van der Waals surface area (Å²) < 4.78 is 0. The van der Waals surface area contributed by atoms with Gasteiger partial charge in [-0.2, -0.15) is 0 Å². The molecule has 108 valence electrons. The second-order valence-electron chi connectivity index (χ2n) is 5.67. The van der Waals surface area contributed by atoms with E-state index in [1.807, 2.05) is 0 Å². The number of carbonyl (C=O) groups is 2. The number of aliphatic carboxylic acids is 1. The summed E-state index contributed by atoms with van der Waals surface area (Å²) in [7, 11) is 0. The molecular weight excluding hydrogens is 246 g/mol. The molecule has 0 spiro atoms. The van der Waals surface area contributed by atoms with Crippen LogP contribution in [0.3, 0.4) is 0 Å². The van der Waals surface area contributed by atoms with E-state index in [1.165, 1.54) is 0 Å². The molecule has 1 aliphatic heterocycles. The molecule has 0 aromatic carbocycles. The van der Waals surface area contributed by atoms with Gasteiger partial charge in [-0.1, -0.05) is 6.42 Å². The number of hydrogen-bond acceptors (Lipinski definition) is 3. The highest BCUT2D eigenvalue weighted by atomic mass is 16.4. The molecule has 6 heteroatoms. The number of nitrogens with zero attached hydrogens (tertiary/aromatic N) is 1. The Bertz CT molecular complexity index is 348. The van der Waals surface area contributed by atoms with Gasteiger partial charge < -0.3 is 21.1 Å². The number of carboxylic acids is 1. The third kappa shape index (κ3) is 3.59. The molecule has 4 N–H and O–H groups in total. The number of hydrogen-bond donors (Lipinski definition) is 3. The van der Waals surface area contributed by atoms with Crippen LogP contribution >= 0.6 is 0 Å². The number of urea groups is 1. The monoisotopic (exact) mass is 269 g/mol. The maximum absolute atomic E-state index is 12.0. The predicted molar refractivity (Wildman–Crippen MR) is 70.6 cm³/mol. The van der Waals surface area contributed by atoms with Gasteiger partial charge in [0.25, 0.3) is 0 Å². The quantitative estimate of drug-likeness (QED) is 0.700. The standard InChI is InChI=1S/C13H23N3O3/c14-10-4-2-6-16(8-10)13(19)15-7-9-3-1-5-11(9)12(17)18/h9-11H,1-8,14H2,(H,15,19)(H,17,18). The maximum atomic E-state index is 12.0. The van der Waals surface area contributed by atoms with Crippen molar-refractivity contribution in [2.24, 2.45) is 17.6 Å². The van der Waals surface area contributed by atoms with Gasteiger partial charge in [-0.15, -0.1) is 0 Å². The Balaban J connectivity index is 1.78. The second-order valence-corrected chi connectivity index (χ2v) is 5.67. The van der Waals surface area contributed by atoms with Gasteiger partial charge >= 0.3 is 12.0 Å². The van der Waals surface area contributed by atoms with Crippen LogP contribution in [0.4, 0.5) is 4.79 Å². The number of piperidine rings is 1. The molecule has 0 aromatic rings. The highest BCUT2D eigenvalue weighted by molar-refractivity contribution is 5.74. The molecular formula is C13H23N3O3. The lowest BCUT2D eigenvalue weighted by Gasteiger charge is -2.31. The molecule has 1 heterocycles. The lowest BCUT2D eigenvalue weighted by molar-refractivity contribution is -0.142. The van der Waals surface area contributed by atoms with Crippen molar-refractivity contribution in [3.63, 3.8) is 0 Å². The normalized spacial score (nSPS) is 31.2. The molecule has 2 fully saturated rings. The first kappa shape index (κ1) is 14.1. The van der Waals surface area contributed by atoms with Gasteiger partial charge in [-0.25, -0.2) is 4.79 Å². The van der Waals surface area contributed by atoms with Crippen LogP contribution in [0.25, 0.3) is 0 Å². The zero-order chi connectivity index (χ0) is 13.8. The molecule has 2 rings (SSSR count). The minimum absolute atomic E-state index is 0.0674. The summed E-state index contributed by atoms with van der Waals surface area (Å²) in [6.45, 7) is 1.80. The lowest BCUT2D eigenvalue weighted by Crippen LogP contribution is -2.50. The van der Waals surface area contributed by atoms with Crippen LogP contribution in [0, 0.1) is 11.8 Å². The first-order chi connectivity index (χ1) is 9.08. The lowest BCUT2D eigenvalue weighted by atomic mass is 9.96. The second kappa shape index (κ2) is 6.23. The minimum Gasteiger partial charge on any atom is -0.481 e. The summed E-state index contributed by atoms with van der Waals surface area (Å²) in [4.78, 5) is 24.8. The van der Waals surface area contributed by atoms with E-state index in [0.29, 0.717) is 13.1 Å². The molecule has 0 bridgehead atoms. The number of carbonyl (C=O) groups excluding carboxylic acids is 1. The highest BCUT2D eigenvalue weighted by Gasteiger charge is 2.33. The van der Waals surface area contributed by atoms with Crippen LogP contribution in [-0.2, 0) is 4.79 Å². The molecule has 1 saturated heterocycles. The predicted octanol–water partition coefficient (Wildman–Crippen LogP) is 0.620. The van der Waals surface area contributed by atoms with Crippen LogP contribution in [0.15, 0.2) is 0 Å². The van der Waals surface area contributed by atoms with Crippen molar-refractivity contribution in [1.82, 2.24) is 10.2 Å². The highest BCUT2D eigenvalue weighted by Crippen LogP contribution is 2.31. The summed E-state index contributed by atoms with van der Waals surface area (Å²) in [5.74, 6) is -0.972. The molecule has 0 aromatic heterocycles. The van der Waals surface area contributed by atoms with E-state index in [1.54, 1.807) is 4.90 Å². The number of nitrogens with one attached hydrogen (secondary N) is 1. The van der Waals surface area contributed by atoms with E-state index in [2.05, 4.69) is 5.32 Å². The fourth-order valence-corrected chi connectivity index (χ4v) is 3.13. The third-order valence-electron chi connectivity index (χ3n) is 4.24. The number of nitrogens with two attached hydrogens (primary N) is 1. The summed E-state index contributed by atoms with van der Waals surface area (Å²) >= 11 is 0. The van der Waals surface area contributed by atoms with Crippen molar-refractivity contribution in [3.05, 3.63) is 0 Å². The Hall–Kier alpha value is -1.30. The van der Waals surface area contributed by atoms with E-state index in [4.69, 9.17) is 10.8 Å². The Labute approximate surface area is 113 Å². The van der Waals surface area contributed by atoms with Gasteiger partial charge in [0.15, 0.2) is 0 Å². The molecule has 3 atom stereocenters. The Morgan fingerprint density at radius 3 is 2.74 bits per heavy atom. The minimum atomic E-state index is -0.739. The first-order valence-electron chi connectivity index (χ1n) is 7.09. The summed E-state index contributed by atoms with van der Waals surface area (Å²) in [5, 5.41) is 12.0. The van der Waals surface area contributed by atoms with Gasteiger partial charge in [-0.05, 0) is 31.6 Å². The van der Waals surface area contributed by atoms with Crippen molar-refractivity contribution >= 4 is 12.0 Å². The molecule has 0 radical (unpaired) electrons. The Kier molecular flexibility index (Phi) is 4.63. The first-order valence-corrected chi connectivity index (χ1v) is 7.09.